The molecule has 3 atom stereocenters. The molecule has 0 aliphatic heterocycles. The molecule has 3 aliphatic rings. The van der Waals surface area contributed by atoms with Gasteiger partial charge in [0.15, 0.2) is 0 Å². The molecule has 0 radical (unpaired) electrons. The largest absolute Gasteiger partial charge is 0.0654 e. The lowest BCUT2D eigenvalue weighted by Crippen LogP contribution is -2.24. The molecule has 0 spiro atoms. The summed E-state index contributed by atoms with van der Waals surface area (Å²) in [5.41, 5.74) is 0. The fourth-order valence-electron chi connectivity index (χ4n) is 6.70. The Balaban J connectivity index is 1.52. The summed E-state index contributed by atoms with van der Waals surface area (Å²) in [6.45, 7) is 2.37. The third-order valence-electron chi connectivity index (χ3n) is 8.09. The standard InChI is InChI=1S/C24H44/c1-2-3-6-15-23-22(17-16-20-11-7-4-8-12-20)18-19-24(23)21-13-9-5-10-14-21/h20-24H,2-19H2,1H3. The van der Waals surface area contributed by atoms with E-state index in [0.717, 1.165) is 29.6 Å². The molecule has 140 valence electrons. The predicted octanol–water partition coefficient (Wildman–Crippen LogP) is 8.15. The average Bonchev–Trinajstić information content (AvgIpc) is 3.05. The van der Waals surface area contributed by atoms with Crippen LogP contribution in [-0.4, -0.2) is 0 Å². The Labute approximate surface area is 152 Å². The van der Waals surface area contributed by atoms with Crippen molar-refractivity contribution in [2.45, 2.75) is 122 Å². The van der Waals surface area contributed by atoms with Crippen molar-refractivity contribution in [2.75, 3.05) is 0 Å². The molecule has 0 amide bonds. The van der Waals surface area contributed by atoms with Crippen molar-refractivity contribution in [3.05, 3.63) is 0 Å². The Morgan fingerprint density at radius 2 is 1.33 bits per heavy atom. The van der Waals surface area contributed by atoms with Crippen LogP contribution in [-0.2, 0) is 0 Å². The molecule has 0 aromatic heterocycles. The summed E-state index contributed by atoms with van der Waals surface area (Å²) in [5, 5.41) is 0. The maximum atomic E-state index is 2.37. The third-order valence-corrected chi connectivity index (χ3v) is 8.09. The van der Waals surface area contributed by atoms with Gasteiger partial charge in [-0.1, -0.05) is 96.8 Å². The summed E-state index contributed by atoms with van der Waals surface area (Å²) in [7, 11) is 0. The van der Waals surface area contributed by atoms with E-state index in [2.05, 4.69) is 6.92 Å². The lowest BCUT2D eigenvalue weighted by Gasteiger charge is -2.34. The van der Waals surface area contributed by atoms with Crippen LogP contribution in [0.25, 0.3) is 0 Å². The summed E-state index contributed by atoms with van der Waals surface area (Å²) in [6.07, 6.45) is 27.7. The van der Waals surface area contributed by atoms with E-state index in [1.54, 1.807) is 57.8 Å². The van der Waals surface area contributed by atoms with Crippen LogP contribution in [0.3, 0.4) is 0 Å². The highest BCUT2D eigenvalue weighted by molar-refractivity contribution is 4.90. The van der Waals surface area contributed by atoms with E-state index in [9.17, 15) is 0 Å². The molecule has 0 bridgehead atoms. The van der Waals surface area contributed by atoms with Crippen LogP contribution in [0.5, 0.6) is 0 Å². The highest BCUT2D eigenvalue weighted by atomic mass is 14.4. The second-order valence-electron chi connectivity index (χ2n) is 9.64. The topological polar surface area (TPSA) is 0 Å². The maximum absolute atomic E-state index is 2.37. The second kappa shape index (κ2) is 10.2. The first-order chi connectivity index (χ1) is 11.9. The van der Waals surface area contributed by atoms with Gasteiger partial charge in [0, 0.05) is 0 Å². The van der Waals surface area contributed by atoms with Crippen LogP contribution in [0, 0.1) is 29.6 Å². The van der Waals surface area contributed by atoms with Crippen LogP contribution >= 0.6 is 0 Å². The van der Waals surface area contributed by atoms with E-state index < -0.39 is 0 Å². The number of hydrogen-bond acceptors (Lipinski definition) is 0. The van der Waals surface area contributed by atoms with Gasteiger partial charge in [-0.15, -0.1) is 0 Å². The van der Waals surface area contributed by atoms with Gasteiger partial charge in [-0.3, -0.25) is 0 Å². The Morgan fingerprint density at radius 3 is 2.04 bits per heavy atom. The SMILES string of the molecule is CCCCCC1C(CCC2CCCCC2)CCC1C1CCCCC1. The number of hydrogen-bond donors (Lipinski definition) is 0. The molecule has 0 N–H and O–H groups in total. The molecule has 0 aromatic rings. The monoisotopic (exact) mass is 332 g/mol. The van der Waals surface area contributed by atoms with Crippen LogP contribution in [0.15, 0.2) is 0 Å². The highest BCUT2D eigenvalue weighted by Crippen LogP contribution is 2.49. The van der Waals surface area contributed by atoms with E-state index in [0.29, 0.717) is 0 Å². The van der Waals surface area contributed by atoms with Gasteiger partial charge < -0.3 is 0 Å². The Kier molecular flexibility index (Phi) is 8.00. The van der Waals surface area contributed by atoms with Gasteiger partial charge in [-0.25, -0.2) is 0 Å². The first-order valence-corrected chi connectivity index (χ1v) is 11.9. The van der Waals surface area contributed by atoms with Crippen LogP contribution in [0.2, 0.25) is 0 Å². The van der Waals surface area contributed by atoms with Gasteiger partial charge >= 0.3 is 0 Å². The lowest BCUT2D eigenvalue weighted by molar-refractivity contribution is 0.162. The molecule has 0 heteroatoms. The summed E-state index contributed by atoms with van der Waals surface area (Å²) in [5.74, 6) is 5.56. The fraction of sp³-hybridized carbons (Fsp3) is 1.00. The van der Waals surface area contributed by atoms with Crippen molar-refractivity contribution in [3.63, 3.8) is 0 Å². The first kappa shape index (κ1) is 18.8. The smallest absolute Gasteiger partial charge is 0.0355 e. The van der Waals surface area contributed by atoms with Crippen molar-refractivity contribution in [3.8, 4) is 0 Å². The van der Waals surface area contributed by atoms with E-state index in [-0.39, 0.29) is 0 Å². The molecule has 0 heterocycles. The highest BCUT2D eigenvalue weighted by Gasteiger charge is 2.39. The van der Waals surface area contributed by atoms with Crippen LogP contribution in [0.1, 0.15) is 122 Å². The summed E-state index contributed by atoms with van der Waals surface area (Å²) in [4.78, 5) is 0. The van der Waals surface area contributed by atoms with Gasteiger partial charge in [-0.2, -0.15) is 0 Å². The van der Waals surface area contributed by atoms with Crippen molar-refractivity contribution < 1.29 is 0 Å². The minimum absolute atomic E-state index is 1.10. The number of rotatable bonds is 8. The van der Waals surface area contributed by atoms with E-state index in [1.807, 2.05) is 0 Å². The zero-order chi connectivity index (χ0) is 16.6. The van der Waals surface area contributed by atoms with Crippen molar-refractivity contribution >= 4 is 0 Å². The zero-order valence-electron chi connectivity index (χ0n) is 16.6. The molecule has 0 aromatic carbocycles. The van der Waals surface area contributed by atoms with Crippen molar-refractivity contribution in [1.29, 1.82) is 0 Å². The number of unbranched alkanes of at least 4 members (excludes halogenated alkanes) is 2. The third kappa shape index (κ3) is 5.25. The summed E-state index contributed by atoms with van der Waals surface area (Å²) in [6, 6.07) is 0. The minimum atomic E-state index is 1.10. The Hall–Kier alpha value is 0. The van der Waals surface area contributed by atoms with Gasteiger partial charge in [0.2, 0.25) is 0 Å². The predicted molar refractivity (Wildman–Crippen MR) is 106 cm³/mol. The summed E-state index contributed by atoms with van der Waals surface area (Å²) < 4.78 is 0. The molecule has 3 fully saturated rings. The van der Waals surface area contributed by atoms with Gasteiger partial charge in [0.25, 0.3) is 0 Å². The molecular formula is C24H44. The van der Waals surface area contributed by atoms with Gasteiger partial charge in [0.05, 0.1) is 0 Å². The normalized spacial score (nSPS) is 33.1. The van der Waals surface area contributed by atoms with Crippen molar-refractivity contribution in [2.24, 2.45) is 29.6 Å². The molecular weight excluding hydrogens is 288 g/mol. The Morgan fingerprint density at radius 1 is 0.625 bits per heavy atom. The fourth-order valence-corrected chi connectivity index (χ4v) is 6.70. The van der Waals surface area contributed by atoms with Crippen LogP contribution in [0.4, 0.5) is 0 Å². The molecule has 24 heavy (non-hydrogen) atoms. The maximum Gasteiger partial charge on any atom is -0.0355 e. The minimum Gasteiger partial charge on any atom is -0.0654 e. The lowest BCUT2D eigenvalue weighted by atomic mass is 9.71. The van der Waals surface area contributed by atoms with Crippen LogP contribution < -0.4 is 0 Å². The Bertz CT molecular complexity index is 321. The molecule has 3 aliphatic carbocycles. The van der Waals surface area contributed by atoms with E-state index >= 15 is 0 Å². The first-order valence-electron chi connectivity index (χ1n) is 11.9. The van der Waals surface area contributed by atoms with E-state index in [4.69, 9.17) is 0 Å². The molecule has 0 nitrogen and oxygen atoms in total. The average molecular weight is 333 g/mol. The molecule has 3 unspecified atom stereocenters. The van der Waals surface area contributed by atoms with Gasteiger partial charge in [-0.05, 0) is 55.3 Å². The second-order valence-corrected chi connectivity index (χ2v) is 9.64. The molecule has 3 rings (SSSR count). The molecule has 3 saturated carbocycles. The molecule has 0 saturated heterocycles. The van der Waals surface area contributed by atoms with E-state index in [1.165, 1.54) is 57.8 Å². The summed E-state index contributed by atoms with van der Waals surface area (Å²) >= 11 is 0. The quantitative estimate of drug-likeness (QED) is 0.393. The van der Waals surface area contributed by atoms with Crippen molar-refractivity contribution in [1.82, 2.24) is 0 Å². The zero-order valence-corrected chi connectivity index (χ0v) is 16.6. The van der Waals surface area contributed by atoms with Gasteiger partial charge in [0.1, 0.15) is 0 Å².